The maximum atomic E-state index is 11.8. The van der Waals surface area contributed by atoms with Crippen LogP contribution in [0.5, 0.6) is 0 Å². The number of hydrogen-bond donors (Lipinski definition) is 2. The fraction of sp³-hybridized carbons (Fsp3) is 0. The van der Waals surface area contributed by atoms with Crippen LogP contribution in [0.2, 0.25) is 5.02 Å². The van der Waals surface area contributed by atoms with Crippen molar-refractivity contribution in [2.24, 2.45) is 0 Å². The molecule has 2 N–H and O–H groups in total. The predicted octanol–water partition coefficient (Wildman–Crippen LogP) is 2.76. The second kappa shape index (κ2) is 5.47. The van der Waals surface area contributed by atoms with Gasteiger partial charge in [0.1, 0.15) is 6.07 Å². The number of carbonyl (C=O) groups excluding carboxylic acids is 1. The molecule has 0 aliphatic heterocycles. The van der Waals surface area contributed by atoms with E-state index in [1.54, 1.807) is 0 Å². The Labute approximate surface area is 118 Å². The number of nitrogens with zero attached hydrogens (tertiary/aromatic N) is 1. The Balaban J connectivity index is 2.17. The molecule has 0 bridgehead atoms. The lowest BCUT2D eigenvalue weighted by atomic mass is 10.2. The first-order valence-corrected chi connectivity index (χ1v) is 5.73. The molecule has 100 valence electrons. The second-order valence-electron chi connectivity index (χ2n) is 3.73. The molecule has 1 heterocycles. The molecule has 0 unspecified atom stereocenters. The average Bonchev–Trinajstić information content (AvgIpc) is 2.88. The lowest BCUT2D eigenvalue weighted by molar-refractivity contribution is 0.0660. The Morgan fingerprint density at radius 1 is 1.25 bits per heavy atom. The number of carboxylic acids is 1. The number of aromatic carboxylic acids is 1. The van der Waals surface area contributed by atoms with Crippen LogP contribution < -0.4 is 5.32 Å². The second-order valence-corrected chi connectivity index (χ2v) is 4.14. The van der Waals surface area contributed by atoms with E-state index in [0.29, 0.717) is 5.69 Å². The summed E-state index contributed by atoms with van der Waals surface area (Å²) in [5.74, 6) is -2.33. The Bertz CT molecular complexity index is 730. The molecule has 0 aliphatic rings. The zero-order chi connectivity index (χ0) is 14.7. The number of halogens is 1. The number of carbonyl (C=O) groups is 2. The zero-order valence-electron chi connectivity index (χ0n) is 9.88. The highest BCUT2D eigenvalue weighted by atomic mass is 35.5. The summed E-state index contributed by atoms with van der Waals surface area (Å²) in [5.41, 5.74) is 0.656. The number of rotatable bonds is 3. The summed E-state index contributed by atoms with van der Waals surface area (Å²) >= 11 is 5.83. The summed E-state index contributed by atoms with van der Waals surface area (Å²) in [6.07, 6.45) is 0. The molecule has 0 spiro atoms. The quantitative estimate of drug-likeness (QED) is 0.904. The van der Waals surface area contributed by atoms with Crippen molar-refractivity contribution in [1.82, 2.24) is 0 Å². The molecule has 6 nitrogen and oxygen atoms in total. The van der Waals surface area contributed by atoms with Crippen molar-refractivity contribution < 1.29 is 19.1 Å². The van der Waals surface area contributed by atoms with Crippen LogP contribution in [0.4, 0.5) is 5.69 Å². The van der Waals surface area contributed by atoms with Gasteiger partial charge in [-0.2, -0.15) is 5.26 Å². The predicted molar refractivity (Wildman–Crippen MR) is 69.8 cm³/mol. The highest BCUT2D eigenvalue weighted by Crippen LogP contribution is 2.21. The van der Waals surface area contributed by atoms with Crippen LogP contribution in [0, 0.1) is 11.3 Å². The average molecular weight is 291 g/mol. The lowest BCUT2D eigenvalue weighted by Crippen LogP contribution is -2.11. The molecule has 1 aromatic heterocycles. The van der Waals surface area contributed by atoms with Crippen LogP contribution >= 0.6 is 11.6 Å². The van der Waals surface area contributed by atoms with E-state index in [1.165, 1.54) is 30.3 Å². The number of nitrogens with one attached hydrogen (secondary N) is 1. The number of amides is 1. The Kier molecular flexibility index (Phi) is 3.73. The standard InChI is InChI=1S/C13H7ClN2O4/c14-9-5-8(2-1-7(9)6-15)16-12(17)10-3-4-11(20-10)13(18)19/h1-5H,(H,16,17)(H,18,19). The Hall–Kier alpha value is -2.78. The van der Waals surface area contributed by atoms with Gasteiger partial charge in [0.2, 0.25) is 5.76 Å². The van der Waals surface area contributed by atoms with E-state index in [0.717, 1.165) is 0 Å². The van der Waals surface area contributed by atoms with Gasteiger partial charge in [-0.15, -0.1) is 0 Å². The largest absolute Gasteiger partial charge is 0.475 e. The van der Waals surface area contributed by atoms with Crippen LogP contribution in [0.25, 0.3) is 0 Å². The summed E-state index contributed by atoms with van der Waals surface area (Å²) < 4.78 is 4.86. The molecule has 0 fully saturated rings. The van der Waals surface area contributed by atoms with E-state index >= 15 is 0 Å². The summed E-state index contributed by atoms with van der Waals surface area (Å²) in [6.45, 7) is 0. The third-order valence-corrected chi connectivity index (χ3v) is 2.70. The van der Waals surface area contributed by atoms with Gasteiger partial charge < -0.3 is 14.8 Å². The Morgan fingerprint density at radius 3 is 2.50 bits per heavy atom. The third kappa shape index (κ3) is 2.79. The molecule has 0 saturated heterocycles. The van der Waals surface area contributed by atoms with E-state index in [9.17, 15) is 9.59 Å². The number of furan rings is 1. The molecule has 2 rings (SSSR count). The first-order chi connectivity index (χ1) is 9.51. The van der Waals surface area contributed by atoms with Gasteiger partial charge in [-0.05, 0) is 30.3 Å². The van der Waals surface area contributed by atoms with Crippen molar-refractivity contribution in [2.45, 2.75) is 0 Å². The topological polar surface area (TPSA) is 103 Å². The molecular weight excluding hydrogens is 284 g/mol. The first-order valence-electron chi connectivity index (χ1n) is 5.35. The molecule has 2 aromatic rings. The van der Waals surface area contributed by atoms with Crippen molar-refractivity contribution in [3.63, 3.8) is 0 Å². The number of hydrogen-bond acceptors (Lipinski definition) is 4. The van der Waals surface area contributed by atoms with E-state index in [-0.39, 0.29) is 22.1 Å². The summed E-state index contributed by atoms with van der Waals surface area (Å²) in [7, 11) is 0. The molecule has 0 atom stereocenters. The van der Waals surface area contributed by atoms with Crippen molar-refractivity contribution in [2.75, 3.05) is 5.32 Å². The molecule has 1 aromatic carbocycles. The minimum absolute atomic E-state index is 0.136. The maximum Gasteiger partial charge on any atom is 0.371 e. The van der Waals surface area contributed by atoms with E-state index in [1.807, 2.05) is 6.07 Å². The SMILES string of the molecule is N#Cc1ccc(NC(=O)c2ccc(C(=O)O)o2)cc1Cl. The van der Waals surface area contributed by atoms with Gasteiger partial charge in [-0.3, -0.25) is 4.79 Å². The van der Waals surface area contributed by atoms with Crippen LogP contribution in [0.1, 0.15) is 26.7 Å². The maximum absolute atomic E-state index is 11.8. The normalized spacial score (nSPS) is 9.80. The third-order valence-electron chi connectivity index (χ3n) is 2.39. The summed E-state index contributed by atoms with van der Waals surface area (Å²) in [6, 6.07) is 8.71. The van der Waals surface area contributed by atoms with Crippen LogP contribution in [0.15, 0.2) is 34.7 Å². The summed E-state index contributed by atoms with van der Waals surface area (Å²) in [4.78, 5) is 22.4. The minimum atomic E-state index is -1.26. The number of nitriles is 1. The van der Waals surface area contributed by atoms with Gasteiger partial charge in [0.25, 0.3) is 5.91 Å². The minimum Gasteiger partial charge on any atom is -0.475 e. The zero-order valence-corrected chi connectivity index (χ0v) is 10.6. The van der Waals surface area contributed by atoms with Crippen molar-refractivity contribution in [3.05, 3.63) is 52.4 Å². The number of anilines is 1. The molecule has 20 heavy (non-hydrogen) atoms. The number of benzene rings is 1. The van der Waals surface area contributed by atoms with Crippen LogP contribution in [0.3, 0.4) is 0 Å². The summed E-state index contributed by atoms with van der Waals surface area (Å²) in [5, 5.41) is 20.1. The molecule has 0 aliphatic carbocycles. The van der Waals surface area contributed by atoms with E-state index in [4.69, 9.17) is 26.4 Å². The van der Waals surface area contributed by atoms with Gasteiger partial charge in [0.05, 0.1) is 10.6 Å². The van der Waals surface area contributed by atoms with E-state index < -0.39 is 11.9 Å². The van der Waals surface area contributed by atoms with Crippen molar-refractivity contribution in [1.29, 1.82) is 5.26 Å². The van der Waals surface area contributed by atoms with Gasteiger partial charge in [0.15, 0.2) is 5.76 Å². The van der Waals surface area contributed by atoms with Crippen molar-refractivity contribution in [3.8, 4) is 6.07 Å². The molecular formula is C13H7ClN2O4. The van der Waals surface area contributed by atoms with E-state index in [2.05, 4.69) is 5.32 Å². The van der Waals surface area contributed by atoms with Crippen molar-refractivity contribution >= 4 is 29.2 Å². The Morgan fingerprint density at radius 2 is 1.95 bits per heavy atom. The van der Waals surface area contributed by atoms with Gasteiger partial charge >= 0.3 is 5.97 Å². The lowest BCUT2D eigenvalue weighted by Gasteiger charge is -2.04. The highest BCUT2D eigenvalue weighted by Gasteiger charge is 2.15. The molecule has 1 amide bonds. The molecule has 7 heteroatoms. The monoisotopic (exact) mass is 290 g/mol. The fourth-order valence-electron chi connectivity index (χ4n) is 1.45. The van der Waals surface area contributed by atoms with Gasteiger partial charge in [0, 0.05) is 5.69 Å². The smallest absolute Gasteiger partial charge is 0.371 e. The van der Waals surface area contributed by atoms with Crippen LogP contribution in [-0.4, -0.2) is 17.0 Å². The fourth-order valence-corrected chi connectivity index (χ4v) is 1.67. The molecule has 0 radical (unpaired) electrons. The van der Waals surface area contributed by atoms with Gasteiger partial charge in [-0.25, -0.2) is 4.79 Å². The highest BCUT2D eigenvalue weighted by molar-refractivity contribution is 6.32. The van der Waals surface area contributed by atoms with Crippen LogP contribution in [-0.2, 0) is 0 Å². The first kappa shape index (κ1) is 13.6. The number of carboxylic acid groups (broad SMARTS) is 1. The van der Waals surface area contributed by atoms with Gasteiger partial charge in [-0.1, -0.05) is 11.6 Å². The molecule has 0 saturated carbocycles.